The molecule has 0 unspecified atom stereocenters. The summed E-state index contributed by atoms with van der Waals surface area (Å²) in [6.45, 7) is 1.91. The number of nitrogens with zero attached hydrogens (tertiary/aromatic N) is 2. The molecule has 0 bridgehead atoms. The Balaban J connectivity index is 1.81. The Kier molecular flexibility index (Phi) is 5.06. The molecule has 2 aromatic carbocycles. The van der Waals surface area contributed by atoms with E-state index in [1.165, 1.54) is 12.0 Å². The molecule has 33 heavy (non-hydrogen) atoms. The van der Waals surface area contributed by atoms with Crippen molar-refractivity contribution in [2.45, 2.75) is 13.0 Å². The SMILES string of the molecule is COc1ccc([C@H]2c3c(oc4ccc(Cl)cc4c3=O)C(=O)N2c2ccc(C)cn2)cc1OC. The number of carbonyl (C=O) groups is 1. The predicted octanol–water partition coefficient (Wildman–Crippen LogP) is 4.92. The minimum atomic E-state index is -0.776. The molecule has 2 aromatic heterocycles. The molecule has 0 N–H and O–H groups in total. The minimum Gasteiger partial charge on any atom is -0.493 e. The first-order valence-corrected chi connectivity index (χ1v) is 10.5. The van der Waals surface area contributed by atoms with Crippen LogP contribution in [0.5, 0.6) is 11.5 Å². The number of benzene rings is 2. The van der Waals surface area contributed by atoms with Gasteiger partial charge < -0.3 is 13.9 Å². The summed E-state index contributed by atoms with van der Waals surface area (Å²) in [6, 6.07) is 12.8. The highest BCUT2D eigenvalue weighted by atomic mass is 35.5. The van der Waals surface area contributed by atoms with E-state index in [0.717, 1.165) is 5.56 Å². The number of ether oxygens (including phenoxy) is 2. The van der Waals surface area contributed by atoms with Crippen molar-refractivity contribution in [1.82, 2.24) is 4.98 Å². The van der Waals surface area contributed by atoms with E-state index in [1.54, 1.807) is 55.8 Å². The summed E-state index contributed by atoms with van der Waals surface area (Å²) in [5, 5.41) is 0.706. The van der Waals surface area contributed by atoms with Gasteiger partial charge in [-0.2, -0.15) is 0 Å². The highest BCUT2D eigenvalue weighted by Crippen LogP contribution is 2.42. The molecule has 7 nitrogen and oxygen atoms in total. The number of amides is 1. The Hall–Kier alpha value is -3.84. The second-order valence-corrected chi connectivity index (χ2v) is 8.14. The number of hydrogen-bond acceptors (Lipinski definition) is 6. The molecule has 5 rings (SSSR count). The largest absolute Gasteiger partial charge is 0.493 e. The van der Waals surface area contributed by atoms with E-state index in [1.807, 2.05) is 13.0 Å². The van der Waals surface area contributed by atoms with Gasteiger partial charge in [-0.25, -0.2) is 4.98 Å². The number of aryl methyl sites for hydroxylation is 1. The number of halogens is 1. The Morgan fingerprint density at radius 1 is 1.00 bits per heavy atom. The first-order chi connectivity index (χ1) is 15.9. The van der Waals surface area contributed by atoms with E-state index >= 15 is 0 Å². The Labute approximate surface area is 194 Å². The molecule has 8 heteroatoms. The van der Waals surface area contributed by atoms with Gasteiger partial charge in [-0.05, 0) is 54.4 Å². The first kappa shape index (κ1) is 21.0. The minimum absolute atomic E-state index is 0.0167. The third kappa shape index (κ3) is 3.32. The summed E-state index contributed by atoms with van der Waals surface area (Å²) in [6.07, 6.45) is 1.67. The molecule has 1 aliphatic rings. The Morgan fingerprint density at radius 3 is 2.48 bits per heavy atom. The highest BCUT2D eigenvalue weighted by Gasteiger charge is 2.44. The van der Waals surface area contributed by atoms with E-state index in [-0.39, 0.29) is 16.8 Å². The van der Waals surface area contributed by atoms with Gasteiger partial charge in [-0.1, -0.05) is 23.7 Å². The summed E-state index contributed by atoms with van der Waals surface area (Å²) in [5.41, 5.74) is 1.79. The van der Waals surface area contributed by atoms with Crippen LogP contribution in [0.1, 0.15) is 33.3 Å². The van der Waals surface area contributed by atoms with Gasteiger partial charge in [0.15, 0.2) is 16.9 Å². The van der Waals surface area contributed by atoms with Crippen LogP contribution < -0.4 is 19.8 Å². The Bertz CT molecular complexity index is 1460. The molecule has 0 saturated heterocycles. The number of hydrogen-bond donors (Lipinski definition) is 0. The average Bonchev–Trinajstić information content (AvgIpc) is 3.12. The molecule has 166 valence electrons. The van der Waals surface area contributed by atoms with Crippen LogP contribution in [0.4, 0.5) is 5.82 Å². The van der Waals surface area contributed by atoms with Gasteiger partial charge in [0.05, 0.1) is 31.2 Å². The maximum atomic E-state index is 13.6. The van der Waals surface area contributed by atoms with Crippen molar-refractivity contribution >= 4 is 34.3 Å². The van der Waals surface area contributed by atoms with E-state index in [0.29, 0.717) is 38.9 Å². The van der Waals surface area contributed by atoms with Crippen LogP contribution in [-0.2, 0) is 0 Å². The fourth-order valence-electron chi connectivity index (χ4n) is 4.12. The zero-order valence-corrected chi connectivity index (χ0v) is 18.8. The van der Waals surface area contributed by atoms with Gasteiger partial charge in [-0.15, -0.1) is 0 Å². The number of aromatic nitrogens is 1. The van der Waals surface area contributed by atoms with Crippen molar-refractivity contribution in [3.8, 4) is 11.5 Å². The van der Waals surface area contributed by atoms with Crippen molar-refractivity contribution in [2.24, 2.45) is 0 Å². The fraction of sp³-hybridized carbons (Fsp3) is 0.160. The topological polar surface area (TPSA) is 81.9 Å². The lowest BCUT2D eigenvalue weighted by atomic mass is 9.98. The molecule has 1 amide bonds. The normalized spacial score (nSPS) is 15.1. The quantitative estimate of drug-likeness (QED) is 0.428. The molecule has 0 spiro atoms. The molecular formula is C25H19ClN2O5. The molecule has 3 heterocycles. The molecule has 1 aliphatic heterocycles. The third-order valence-corrected chi connectivity index (χ3v) is 5.93. The summed E-state index contributed by atoms with van der Waals surface area (Å²) >= 11 is 6.14. The number of rotatable bonds is 4. The van der Waals surface area contributed by atoms with Crippen molar-refractivity contribution in [3.05, 3.63) is 92.4 Å². The van der Waals surface area contributed by atoms with Crippen LogP contribution in [-0.4, -0.2) is 25.1 Å². The maximum absolute atomic E-state index is 13.6. The van der Waals surface area contributed by atoms with Crippen molar-refractivity contribution in [1.29, 1.82) is 0 Å². The van der Waals surface area contributed by atoms with Gasteiger partial charge in [-0.3, -0.25) is 14.5 Å². The van der Waals surface area contributed by atoms with E-state index < -0.39 is 11.9 Å². The van der Waals surface area contributed by atoms with Crippen LogP contribution in [0.2, 0.25) is 5.02 Å². The average molecular weight is 463 g/mol. The summed E-state index contributed by atoms with van der Waals surface area (Å²) in [5.74, 6) is 0.939. The lowest BCUT2D eigenvalue weighted by molar-refractivity contribution is 0.0970. The standard InChI is InChI=1S/C25H19ClN2O5/c1-13-4-9-20(27-12-13)28-22(14-5-7-18(31-2)19(10-14)32-3)21-23(29)16-11-15(26)6-8-17(16)33-24(21)25(28)30/h4-12,22H,1-3H3/t22-/m0/s1. The van der Waals surface area contributed by atoms with Crippen LogP contribution in [0, 0.1) is 6.92 Å². The van der Waals surface area contributed by atoms with E-state index in [9.17, 15) is 9.59 Å². The number of fused-ring (bicyclic) bond motifs is 2. The fourth-order valence-corrected chi connectivity index (χ4v) is 4.29. The van der Waals surface area contributed by atoms with Gasteiger partial charge in [0, 0.05) is 11.2 Å². The summed E-state index contributed by atoms with van der Waals surface area (Å²) in [4.78, 5) is 33.1. The van der Waals surface area contributed by atoms with Crippen LogP contribution >= 0.6 is 11.6 Å². The smallest absolute Gasteiger partial charge is 0.296 e. The van der Waals surface area contributed by atoms with Gasteiger partial charge in [0.25, 0.3) is 5.91 Å². The number of methoxy groups -OCH3 is 2. The highest BCUT2D eigenvalue weighted by molar-refractivity contribution is 6.31. The Morgan fingerprint density at radius 2 is 1.79 bits per heavy atom. The maximum Gasteiger partial charge on any atom is 0.296 e. The zero-order chi connectivity index (χ0) is 23.3. The van der Waals surface area contributed by atoms with Crippen molar-refractivity contribution < 1.29 is 18.7 Å². The van der Waals surface area contributed by atoms with E-state index in [2.05, 4.69) is 4.98 Å². The molecule has 0 aliphatic carbocycles. The molecule has 0 radical (unpaired) electrons. The number of pyridine rings is 1. The van der Waals surface area contributed by atoms with Gasteiger partial charge in [0.1, 0.15) is 11.4 Å². The third-order valence-electron chi connectivity index (χ3n) is 5.70. The monoisotopic (exact) mass is 462 g/mol. The molecule has 0 saturated carbocycles. The lowest BCUT2D eigenvalue weighted by Crippen LogP contribution is -2.30. The zero-order valence-electron chi connectivity index (χ0n) is 18.1. The molecule has 4 aromatic rings. The van der Waals surface area contributed by atoms with Crippen LogP contribution in [0.15, 0.2) is 63.9 Å². The van der Waals surface area contributed by atoms with Crippen molar-refractivity contribution in [2.75, 3.05) is 19.1 Å². The summed E-state index contributed by atoms with van der Waals surface area (Å²) in [7, 11) is 3.07. The molecule has 1 atom stereocenters. The number of anilines is 1. The van der Waals surface area contributed by atoms with Crippen molar-refractivity contribution in [3.63, 3.8) is 0 Å². The van der Waals surface area contributed by atoms with Crippen LogP contribution in [0.25, 0.3) is 11.0 Å². The first-order valence-electron chi connectivity index (χ1n) is 10.2. The lowest BCUT2D eigenvalue weighted by Gasteiger charge is -2.25. The second-order valence-electron chi connectivity index (χ2n) is 7.70. The summed E-state index contributed by atoms with van der Waals surface area (Å²) < 4.78 is 16.8. The van der Waals surface area contributed by atoms with E-state index in [4.69, 9.17) is 25.5 Å². The molecular weight excluding hydrogens is 444 g/mol. The second kappa shape index (κ2) is 7.94. The predicted molar refractivity (Wildman–Crippen MR) is 125 cm³/mol. The molecule has 0 fully saturated rings. The van der Waals surface area contributed by atoms with Crippen LogP contribution in [0.3, 0.4) is 0 Å². The van der Waals surface area contributed by atoms with Gasteiger partial charge in [0.2, 0.25) is 5.76 Å². The van der Waals surface area contributed by atoms with Gasteiger partial charge >= 0.3 is 0 Å². The number of carbonyl (C=O) groups excluding carboxylic acids is 1.